The lowest BCUT2D eigenvalue weighted by molar-refractivity contribution is -0.136. The van der Waals surface area contributed by atoms with E-state index in [2.05, 4.69) is 15.6 Å². The average molecular weight is 528 g/mol. The molecule has 0 radical (unpaired) electrons. The first-order chi connectivity index (χ1) is 16.3. The summed E-state index contributed by atoms with van der Waals surface area (Å²) >= 11 is 18.9. The van der Waals surface area contributed by atoms with Crippen LogP contribution in [0.4, 0.5) is 11.8 Å². The van der Waals surface area contributed by atoms with Gasteiger partial charge in [-0.3, -0.25) is 4.79 Å². The van der Waals surface area contributed by atoms with E-state index >= 15 is 0 Å². The van der Waals surface area contributed by atoms with Gasteiger partial charge in [0.2, 0.25) is 11.9 Å². The topological polar surface area (TPSA) is 93.6 Å². The number of nitrogens with zero attached hydrogens (tertiary/aromatic N) is 4. The van der Waals surface area contributed by atoms with E-state index in [4.69, 9.17) is 39.8 Å². The molecule has 0 bridgehead atoms. The average Bonchev–Trinajstić information content (AvgIpc) is 3.36. The fourth-order valence-electron chi connectivity index (χ4n) is 4.50. The van der Waals surface area contributed by atoms with Crippen LogP contribution >= 0.6 is 34.8 Å². The van der Waals surface area contributed by atoms with Gasteiger partial charge in [0.1, 0.15) is 5.02 Å². The van der Waals surface area contributed by atoms with E-state index in [1.165, 1.54) is 0 Å². The number of hydrogen-bond acceptors (Lipinski definition) is 7. The highest BCUT2D eigenvalue weighted by atomic mass is 35.5. The number of benzene rings is 1. The molecule has 2 fully saturated rings. The van der Waals surface area contributed by atoms with Crippen LogP contribution in [0, 0.1) is 6.92 Å². The highest BCUT2D eigenvalue weighted by Gasteiger charge is 2.35. The molecule has 3 atom stereocenters. The SMILES string of the molecule is Cc1nc(N2CCN(C(=O)[C@H]3CCCN3)[C@H](CO)C2)nc(N[C@H](C)c2ccc(Cl)cc2Cl)c1Cl. The summed E-state index contributed by atoms with van der Waals surface area (Å²) in [6, 6.07) is 4.69. The zero-order chi connectivity index (χ0) is 24.4. The third kappa shape index (κ3) is 5.36. The molecule has 184 valence electrons. The van der Waals surface area contributed by atoms with Gasteiger partial charge >= 0.3 is 0 Å². The Morgan fingerprint density at radius 2 is 2.09 bits per heavy atom. The molecular weight excluding hydrogens is 499 g/mol. The minimum Gasteiger partial charge on any atom is -0.394 e. The second-order valence-electron chi connectivity index (χ2n) is 8.77. The molecule has 2 saturated heterocycles. The second kappa shape index (κ2) is 10.8. The van der Waals surface area contributed by atoms with Gasteiger partial charge in [-0.05, 0) is 50.9 Å². The molecule has 1 aromatic carbocycles. The Kier molecular flexibility index (Phi) is 8.05. The molecule has 0 saturated carbocycles. The molecule has 4 rings (SSSR count). The largest absolute Gasteiger partial charge is 0.394 e. The lowest BCUT2D eigenvalue weighted by Gasteiger charge is -2.41. The van der Waals surface area contributed by atoms with Crippen molar-refractivity contribution in [3.63, 3.8) is 0 Å². The first-order valence-corrected chi connectivity index (χ1v) is 12.6. The van der Waals surface area contributed by atoms with E-state index in [0.29, 0.717) is 52.2 Å². The Morgan fingerprint density at radius 3 is 2.76 bits per heavy atom. The summed E-state index contributed by atoms with van der Waals surface area (Å²) < 4.78 is 0. The van der Waals surface area contributed by atoms with Crippen LogP contribution in [0.2, 0.25) is 15.1 Å². The van der Waals surface area contributed by atoms with Crippen LogP contribution in [0.25, 0.3) is 0 Å². The number of carbonyl (C=O) groups excluding carboxylic acids is 1. The van der Waals surface area contributed by atoms with E-state index < -0.39 is 0 Å². The Balaban J connectivity index is 1.52. The van der Waals surface area contributed by atoms with Crippen LogP contribution in [0.5, 0.6) is 0 Å². The summed E-state index contributed by atoms with van der Waals surface area (Å²) in [4.78, 5) is 26.0. The maximum Gasteiger partial charge on any atom is 0.240 e. The molecule has 2 aliphatic rings. The number of anilines is 2. The Morgan fingerprint density at radius 1 is 1.29 bits per heavy atom. The number of rotatable bonds is 6. The Labute approximate surface area is 214 Å². The Bertz CT molecular complexity index is 1050. The van der Waals surface area contributed by atoms with Gasteiger partial charge < -0.3 is 25.5 Å². The molecule has 2 aliphatic heterocycles. The smallest absolute Gasteiger partial charge is 0.240 e. The quantitative estimate of drug-likeness (QED) is 0.528. The van der Waals surface area contributed by atoms with Crippen molar-refractivity contribution in [2.24, 2.45) is 0 Å². The van der Waals surface area contributed by atoms with Crippen molar-refractivity contribution in [2.45, 2.75) is 44.8 Å². The zero-order valence-electron chi connectivity index (χ0n) is 19.2. The van der Waals surface area contributed by atoms with Gasteiger partial charge in [-0.1, -0.05) is 40.9 Å². The molecular formula is C23H29Cl3N6O2. The van der Waals surface area contributed by atoms with Crippen LogP contribution in [0.15, 0.2) is 18.2 Å². The lowest BCUT2D eigenvalue weighted by Crippen LogP contribution is -2.60. The van der Waals surface area contributed by atoms with Crippen LogP contribution in [0.1, 0.15) is 37.1 Å². The molecule has 0 aliphatic carbocycles. The number of nitrogens with one attached hydrogen (secondary N) is 2. The predicted molar refractivity (Wildman–Crippen MR) is 136 cm³/mol. The number of aliphatic hydroxyl groups is 1. The number of halogens is 3. The van der Waals surface area contributed by atoms with Crippen LogP contribution in [0.3, 0.4) is 0 Å². The monoisotopic (exact) mass is 526 g/mol. The highest BCUT2D eigenvalue weighted by molar-refractivity contribution is 6.35. The second-order valence-corrected chi connectivity index (χ2v) is 9.99. The fourth-order valence-corrected chi connectivity index (χ4v) is 5.21. The van der Waals surface area contributed by atoms with Crippen molar-refractivity contribution < 1.29 is 9.90 Å². The molecule has 1 aromatic heterocycles. The van der Waals surface area contributed by atoms with Crippen molar-refractivity contribution in [3.05, 3.63) is 44.5 Å². The van der Waals surface area contributed by atoms with Crippen molar-refractivity contribution in [1.29, 1.82) is 0 Å². The highest BCUT2D eigenvalue weighted by Crippen LogP contribution is 2.32. The van der Waals surface area contributed by atoms with E-state index in [-0.39, 0.29) is 30.6 Å². The standard InChI is InChI=1S/C23H29Cl3N6O2/c1-13(17-6-5-15(24)10-18(17)25)28-21-20(26)14(2)29-23(30-21)31-8-9-32(16(11-31)12-33)22(34)19-4-3-7-27-19/h5-6,10,13,16,19,27,33H,3-4,7-9,11-12H2,1-2H3,(H,28,29,30)/t13-,16+,19-/m1/s1. The molecule has 2 aromatic rings. The number of hydrogen-bond donors (Lipinski definition) is 3. The summed E-state index contributed by atoms with van der Waals surface area (Å²) in [6.07, 6.45) is 1.83. The third-order valence-electron chi connectivity index (χ3n) is 6.41. The van der Waals surface area contributed by atoms with Crippen molar-refractivity contribution in [3.8, 4) is 0 Å². The van der Waals surface area contributed by atoms with Gasteiger partial charge in [-0.2, -0.15) is 4.98 Å². The zero-order valence-corrected chi connectivity index (χ0v) is 21.5. The number of piperazine rings is 1. The van der Waals surface area contributed by atoms with Crippen molar-refractivity contribution >= 4 is 52.5 Å². The molecule has 3 N–H and O–H groups in total. The van der Waals surface area contributed by atoms with Gasteiger partial charge in [0, 0.05) is 29.7 Å². The number of carbonyl (C=O) groups is 1. The van der Waals surface area contributed by atoms with Gasteiger partial charge in [-0.15, -0.1) is 0 Å². The Hall–Kier alpha value is -1.84. The van der Waals surface area contributed by atoms with Crippen molar-refractivity contribution in [1.82, 2.24) is 20.2 Å². The maximum absolute atomic E-state index is 12.9. The van der Waals surface area contributed by atoms with Gasteiger partial charge in [-0.25, -0.2) is 4.98 Å². The summed E-state index contributed by atoms with van der Waals surface area (Å²) in [5, 5.41) is 18.2. The molecule has 11 heteroatoms. The minimum absolute atomic E-state index is 0.0560. The summed E-state index contributed by atoms with van der Waals surface area (Å²) in [7, 11) is 0. The molecule has 0 spiro atoms. The summed E-state index contributed by atoms with van der Waals surface area (Å²) in [5.41, 5.74) is 1.51. The van der Waals surface area contributed by atoms with E-state index in [1.54, 1.807) is 17.0 Å². The van der Waals surface area contributed by atoms with Crippen molar-refractivity contribution in [2.75, 3.05) is 43.0 Å². The van der Waals surface area contributed by atoms with E-state index in [1.807, 2.05) is 24.8 Å². The number of amides is 1. The van der Waals surface area contributed by atoms with Gasteiger partial charge in [0.05, 0.1) is 30.4 Å². The number of aromatic nitrogens is 2. The normalized spacial score (nSPS) is 21.6. The molecule has 8 nitrogen and oxygen atoms in total. The van der Waals surface area contributed by atoms with Gasteiger partial charge in [0.15, 0.2) is 5.82 Å². The molecule has 34 heavy (non-hydrogen) atoms. The van der Waals surface area contributed by atoms with Gasteiger partial charge in [0.25, 0.3) is 0 Å². The third-order valence-corrected chi connectivity index (χ3v) is 7.42. The molecule has 1 amide bonds. The summed E-state index contributed by atoms with van der Waals surface area (Å²) in [6.45, 7) is 6.01. The van der Waals surface area contributed by atoms with Crippen LogP contribution in [-0.4, -0.2) is 70.8 Å². The first kappa shape index (κ1) is 25.3. The summed E-state index contributed by atoms with van der Waals surface area (Å²) in [5.74, 6) is 1.06. The number of aryl methyl sites for hydroxylation is 1. The minimum atomic E-state index is -0.327. The van der Waals surface area contributed by atoms with Crippen LogP contribution < -0.4 is 15.5 Å². The van der Waals surface area contributed by atoms with E-state index in [0.717, 1.165) is 24.9 Å². The fraction of sp³-hybridized carbons (Fsp3) is 0.522. The number of aliphatic hydroxyl groups excluding tert-OH is 1. The molecule has 0 unspecified atom stereocenters. The predicted octanol–water partition coefficient (Wildman–Crippen LogP) is 3.68. The van der Waals surface area contributed by atoms with Crippen LogP contribution in [-0.2, 0) is 4.79 Å². The molecule has 3 heterocycles. The first-order valence-electron chi connectivity index (χ1n) is 11.4. The maximum atomic E-state index is 12.9. The van der Waals surface area contributed by atoms with E-state index in [9.17, 15) is 9.90 Å². The lowest BCUT2D eigenvalue weighted by atomic mass is 10.1.